The summed E-state index contributed by atoms with van der Waals surface area (Å²) < 4.78 is 0. The largest absolute Gasteiger partial charge is 0.345 e. The number of fused-ring (bicyclic) bond motifs is 1. The highest BCUT2D eigenvalue weighted by Gasteiger charge is 2.24. The van der Waals surface area contributed by atoms with E-state index < -0.39 is 0 Å². The number of hydrogen-bond donors (Lipinski definition) is 2. The van der Waals surface area contributed by atoms with Crippen molar-refractivity contribution in [1.82, 2.24) is 15.6 Å². The Labute approximate surface area is 243 Å². The molecule has 1 aromatic heterocycles. The van der Waals surface area contributed by atoms with E-state index in [2.05, 4.69) is 73.0 Å². The van der Waals surface area contributed by atoms with Gasteiger partial charge in [0, 0.05) is 29.1 Å². The number of rotatable bonds is 10. The van der Waals surface area contributed by atoms with Crippen molar-refractivity contribution in [2.24, 2.45) is 0 Å². The molecular weight excluding hydrogens is 514 g/mol. The van der Waals surface area contributed by atoms with E-state index in [1.807, 2.05) is 66.7 Å². The van der Waals surface area contributed by atoms with Crippen LogP contribution in [0.5, 0.6) is 0 Å². The minimum Gasteiger partial charge on any atom is -0.345 e. The fraction of sp³-hybridized carbons (Fsp3) is 0.200. The van der Waals surface area contributed by atoms with Crippen LogP contribution in [0, 0.1) is 0 Å². The second kappa shape index (κ2) is 13.9. The van der Waals surface area contributed by atoms with Crippen LogP contribution in [0.25, 0.3) is 22.2 Å². The third kappa shape index (κ3) is 6.41. The van der Waals surface area contributed by atoms with Crippen LogP contribution in [0.15, 0.2) is 115 Å². The number of nitrogens with zero attached hydrogens (tertiary/aromatic N) is 1. The van der Waals surface area contributed by atoms with E-state index in [1.54, 1.807) is 0 Å². The molecule has 0 aliphatic heterocycles. The van der Waals surface area contributed by atoms with E-state index in [0.717, 1.165) is 46.1 Å². The molecule has 0 spiro atoms. The number of aromatic nitrogens is 1. The van der Waals surface area contributed by atoms with Crippen LogP contribution in [-0.2, 0) is 6.54 Å². The van der Waals surface area contributed by atoms with E-state index in [4.69, 9.17) is 4.98 Å². The van der Waals surface area contributed by atoms with Crippen LogP contribution in [0.4, 0.5) is 0 Å². The summed E-state index contributed by atoms with van der Waals surface area (Å²) in [6, 6.07) is 38.9. The molecule has 5 heteroatoms. The summed E-state index contributed by atoms with van der Waals surface area (Å²) >= 11 is 0. The average Bonchev–Trinajstić information content (AvgIpc) is 3.01. The van der Waals surface area contributed by atoms with Gasteiger partial charge in [-0.05, 0) is 30.0 Å². The van der Waals surface area contributed by atoms with E-state index in [0.29, 0.717) is 12.1 Å². The zero-order valence-electron chi connectivity index (χ0n) is 23.0. The molecule has 0 unspecified atom stereocenters. The van der Waals surface area contributed by atoms with Gasteiger partial charge in [-0.2, -0.15) is 0 Å². The van der Waals surface area contributed by atoms with E-state index in [-0.39, 0.29) is 30.4 Å². The number of benzene rings is 4. The van der Waals surface area contributed by atoms with Crippen molar-refractivity contribution in [3.05, 3.63) is 138 Å². The van der Waals surface area contributed by atoms with Crippen molar-refractivity contribution in [2.45, 2.75) is 45.3 Å². The maximum Gasteiger partial charge on any atom is 0.252 e. The Hall–Kier alpha value is -3.99. The van der Waals surface area contributed by atoms with Crippen LogP contribution in [0.3, 0.4) is 0 Å². The summed E-state index contributed by atoms with van der Waals surface area (Å²) in [5.74, 6) is -0.0777. The lowest BCUT2D eigenvalue weighted by molar-refractivity contribution is 0.0936. The lowest BCUT2D eigenvalue weighted by atomic mass is 9.94. The molecule has 4 aromatic carbocycles. The summed E-state index contributed by atoms with van der Waals surface area (Å²) in [6.07, 6.45) is 1.73. The van der Waals surface area contributed by atoms with Crippen LogP contribution in [0.2, 0.25) is 0 Å². The molecule has 40 heavy (non-hydrogen) atoms. The van der Waals surface area contributed by atoms with Gasteiger partial charge < -0.3 is 10.6 Å². The number of hydrogen-bond acceptors (Lipinski definition) is 3. The summed E-state index contributed by atoms with van der Waals surface area (Å²) in [5, 5.41) is 7.96. The Morgan fingerprint density at radius 1 is 0.700 bits per heavy atom. The number of halogens is 1. The quantitative estimate of drug-likeness (QED) is 0.184. The first-order valence-corrected chi connectivity index (χ1v) is 13.8. The van der Waals surface area contributed by atoms with Crippen molar-refractivity contribution in [2.75, 3.05) is 0 Å². The monoisotopic (exact) mass is 549 g/mol. The molecule has 0 fully saturated rings. The van der Waals surface area contributed by atoms with Crippen LogP contribution < -0.4 is 10.6 Å². The SMILES string of the molecule is CC[C@H](NCc1c(-c2ccccc2)nc2ccccc2c1C(=O)N[C@@H](CC)c1ccccc1)c1ccccc1.Cl. The zero-order chi connectivity index (χ0) is 27.0. The van der Waals surface area contributed by atoms with Gasteiger partial charge in [-0.1, -0.05) is 123 Å². The zero-order valence-corrected chi connectivity index (χ0v) is 23.8. The van der Waals surface area contributed by atoms with Crippen molar-refractivity contribution in [1.29, 1.82) is 0 Å². The predicted octanol–water partition coefficient (Wildman–Crippen LogP) is 8.45. The second-order valence-electron chi connectivity index (χ2n) is 9.79. The Morgan fingerprint density at radius 2 is 1.23 bits per heavy atom. The Kier molecular flexibility index (Phi) is 10.1. The molecule has 0 aliphatic carbocycles. The van der Waals surface area contributed by atoms with Gasteiger partial charge in [0.2, 0.25) is 0 Å². The molecule has 1 amide bonds. The minimum absolute atomic E-state index is 0. The van der Waals surface area contributed by atoms with E-state index >= 15 is 0 Å². The molecule has 204 valence electrons. The van der Waals surface area contributed by atoms with Crippen LogP contribution in [0.1, 0.15) is 65.8 Å². The number of para-hydroxylation sites is 1. The summed E-state index contributed by atoms with van der Waals surface area (Å²) in [5.41, 5.74) is 6.58. The molecule has 0 radical (unpaired) electrons. The topological polar surface area (TPSA) is 54.0 Å². The van der Waals surface area contributed by atoms with Gasteiger partial charge >= 0.3 is 0 Å². The molecule has 0 saturated heterocycles. The molecular formula is C35H36ClN3O. The number of amides is 1. The van der Waals surface area contributed by atoms with E-state index in [9.17, 15) is 4.79 Å². The van der Waals surface area contributed by atoms with Gasteiger partial charge in [0.15, 0.2) is 0 Å². The smallest absolute Gasteiger partial charge is 0.252 e. The first kappa shape index (κ1) is 29.0. The van der Waals surface area contributed by atoms with Crippen molar-refractivity contribution >= 4 is 29.2 Å². The lowest BCUT2D eigenvalue weighted by Crippen LogP contribution is -2.31. The summed E-state index contributed by atoms with van der Waals surface area (Å²) in [6.45, 7) is 4.80. The molecule has 2 N–H and O–H groups in total. The molecule has 0 saturated carbocycles. The maximum absolute atomic E-state index is 14.2. The number of carbonyl (C=O) groups excluding carboxylic acids is 1. The fourth-order valence-corrected chi connectivity index (χ4v) is 5.26. The maximum atomic E-state index is 14.2. The standard InChI is InChI=1S/C35H35N3O.ClH/c1-3-30(25-16-8-5-9-17-25)36-24-29-33(35(39)38-31(4-2)26-18-10-6-11-19-26)28-22-14-15-23-32(28)37-34(29)27-20-12-7-13-21-27;/h5-23,30-31,36H,3-4,24H2,1-2H3,(H,38,39);1H/t30-,31-;/m0./s1. The first-order chi connectivity index (χ1) is 19.2. The van der Waals surface area contributed by atoms with E-state index in [1.165, 1.54) is 5.56 Å². The van der Waals surface area contributed by atoms with Gasteiger partial charge in [0.1, 0.15) is 0 Å². The lowest BCUT2D eigenvalue weighted by Gasteiger charge is -2.23. The fourth-order valence-electron chi connectivity index (χ4n) is 5.26. The molecule has 2 atom stereocenters. The van der Waals surface area contributed by atoms with Crippen LogP contribution >= 0.6 is 12.4 Å². The predicted molar refractivity (Wildman–Crippen MR) is 168 cm³/mol. The Bertz CT molecular complexity index is 1520. The van der Waals surface area contributed by atoms with Crippen molar-refractivity contribution < 1.29 is 4.79 Å². The second-order valence-corrected chi connectivity index (χ2v) is 9.79. The Morgan fingerprint density at radius 3 is 1.82 bits per heavy atom. The van der Waals surface area contributed by atoms with Crippen molar-refractivity contribution in [3.8, 4) is 11.3 Å². The van der Waals surface area contributed by atoms with Crippen molar-refractivity contribution in [3.63, 3.8) is 0 Å². The summed E-state index contributed by atoms with van der Waals surface area (Å²) in [4.78, 5) is 19.3. The van der Waals surface area contributed by atoms with Gasteiger partial charge in [-0.3, -0.25) is 4.79 Å². The highest BCUT2D eigenvalue weighted by Crippen LogP contribution is 2.32. The Balaban J connectivity index is 0.00000370. The van der Waals surface area contributed by atoms with Gasteiger partial charge in [0.25, 0.3) is 5.91 Å². The number of pyridine rings is 1. The molecule has 5 rings (SSSR count). The molecule has 0 aliphatic rings. The first-order valence-electron chi connectivity index (χ1n) is 13.8. The van der Waals surface area contributed by atoms with Gasteiger partial charge in [0.05, 0.1) is 22.8 Å². The van der Waals surface area contributed by atoms with Crippen LogP contribution in [-0.4, -0.2) is 10.9 Å². The highest BCUT2D eigenvalue weighted by molar-refractivity contribution is 6.09. The number of carbonyl (C=O) groups is 1. The third-order valence-electron chi connectivity index (χ3n) is 7.32. The molecule has 0 bridgehead atoms. The third-order valence-corrected chi connectivity index (χ3v) is 7.32. The summed E-state index contributed by atoms with van der Waals surface area (Å²) in [7, 11) is 0. The molecule has 4 nitrogen and oxygen atoms in total. The van der Waals surface area contributed by atoms with Gasteiger partial charge in [-0.15, -0.1) is 12.4 Å². The normalized spacial score (nSPS) is 12.3. The highest BCUT2D eigenvalue weighted by atomic mass is 35.5. The molecule has 1 heterocycles. The molecule has 5 aromatic rings. The van der Waals surface area contributed by atoms with Gasteiger partial charge in [-0.25, -0.2) is 4.98 Å². The number of nitrogens with one attached hydrogen (secondary N) is 2. The average molecular weight is 550 g/mol. The minimum atomic E-state index is -0.0840.